The van der Waals surface area contributed by atoms with Crippen LogP contribution in [-0.4, -0.2) is 29.4 Å². The van der Waals surface area contributed by atoms with Crippen LogP contribution < -0.4 is 4.90 Å². The molecule has 1 aromatic rings. The Kier molecular flexibility index (Phi) is 4.15. The van der Waals surface area contributed by atoms with Crippen LogP contribution in [0.15, 0.2) is 0 Å². The van der Waals surface area contributed by atoms with E-state index in [-0.39, 0.29) is 13.2 Å². The number of aliphatic hydroxyl groups excluding tert-OH is 1. The molecule has 0 spiro atoms. The Morgan fingerprint density at radius 2 is 2.06 bits per heavy atom. The van der Waals surface area contributed by atoms with Crippen molar-refractivity contribution in [3.63, 3.8) is 0 Å². The van der Waals surface area contributed by atoms with Crippen LogP contribution in [0.25, 0.3) is 0 Å². The van der Waals surface area contributed by atoms with Crippen LogP contribution >= 0.6 is 11.3 Å². The van der Waals surface area contributed by atoms with Crippen LogP contribution in [0.4, 0.5) is 18.3 Å². The van der Waals surface area contributed by atoms with Crippen molar-refractivity contribution >= 4 is 16.5 Å². The van der Waals surface area contributed by atoms with Crippen molar-refractivity contribution in [2.24, 2.45) is 0 Å². The molecule has 0 unspecified atom stereocenters. The third kappa shape index (κ3) is 3.34. The van der Waals surface area contributed by atoms with Crippen molar-refractivity contribution in [1.29, 1.82) is 0 Å². The molecular weight excluding hydrogens is 241 g/mol. The maximum atomic E-state index is 12.3. The van der Waals surface area contributed by atoms with Gasteiger partial charge in [0, 0.05) is 6.54 Å². The van der Waals surface area contributed by atoms with Gasteiger partial charge in [0.25, 0.3) is 0 Å². The van der Waals surface area contributed by atoms with Crippen LogP contribution in [0, 0.1) is 6.92 Å². The minimum Gasteiger partial charge on any atom is -0.391 e. The highest BCUT2D eigenvalue weighted by Crippen LogP contribution is 2.28. The highest BCUT2D eigenvalue weighted by atomic mass is 32.1. The summed E-state index contributed by atoms with van der Waals surface area (Å²) in [5.41, 5.74) is 0.586. The molecule has 16 heavy (non-hydrogen) atoms. The SMILES string of the molecule is CCN(CC(F)(F)F)c1nc(C)c(CO)s1. The molecule has 0 aliphatic heterocycles. The van der Waals surface area contributed by atoms with E-state index >= 15 is 0 Å². The fourth-order valence-corrected chi connectivity index (χ4v) is 2.21. The van der Waals surface area contributed by atoms with E-state index < -0.39 is 12.7 Å². The molecule has 3 nitrogen and oxygen atoms in total. The zero-order valence-electron chi connectivity index (χ0n) is 9.01. The summed E-state index contributed by atoms with van der Waals surface area (Å²) in [7, 11) is 0. The molecule has 0 aromatic carbocycles. The number of nitrogens with zero attached hydrogens (tertiary/aromatic N) is 2. The normalized spacial score (nSPS) is 11.9. The minimum absolute atomic E-state index is 0.187. The first kappa shape index (κ1) is 13.2. The Morgan fingerprint density at radius 1 is 1.44 bits per heavy atom. The van der Waals surface area contributed by atoms with Crippen molar-refractivity contribution < 1.29 is 18.3 Å². The van der Waals surface area contributed by atoms with Crippen molar-refractivity contribution in [1.82, 2.24) is 4.98 Å². The first-order valence-corrected chi connectivity index (χ1v) is 5.58. The standard InChI is InChI=1S/C9H13F3N2OS/c1-3-14(5-9(10,11)12)8-13-6(2)7(4-15)16-8/h15H,3-5H2,1-2H3. The Morgan fingerprint density at radius 3 is 2.44 bits per heavy atom. The summed E-state index contributed by atoms with van der Waals surface area (Å²) in [5.74, 6) is 0. The summed E-state index contributed by atoms with van der Waals surface area (Å²) in [6.07, 6.45) is -4.24. The number of aryl methyl sites for hydroxylation is 1. The monoisotopic (exact) mass is 254 g/mol. The zero-order valence-corrected chi connectivity index (χ0v) is 9.82. The number of aromatic nitrogens is 1. The Bertz CT molecular complexity index is 351. The van der Waals surface area contributed by atoms with Gasteiger partial charge in [-0.25, -0.2) is 4.98 Å². The number of rotatable bonds is 4. The van der Waals surface area contributed by atoms with Gasteiger partial charge in [-0.1, -0.05) is 11.3 Å². The second-order valence-corrected chi connectivity index (χ2v) is 4.35. The number of thiazole rings is 1. The maximum absolute atomic E-state index is 12.3. The first-order valence-electron chi connectivity index (χ1n) is 4.76. The van der Waals surface area contributed by atoms with E-state index in [1.165, 1.54) is 0 Å². The lowest BCUT2D eigenvalue weighted by atomic mass is 10.4. The summed E-state index contributed by atoms with van der Waals surface area (Å²) in [6.45, 7) is 2.35. The number of alkyl halides is 3. The van der Waals surface area contributed by atoms with Gasteiger partial charge in [-0.05, 0) is 13.8 Å². The van der Waals surface area contributed by atoms with Crippen molar-refractivity contribution in [3.8, 4) is 0 Å². The fraction of sp³-hybridized carbons (Fsp3) is 0.667. The van der Waals surface area contributed by atoms with E-state index in [1.807, 2.05) is 0 Å². The van der Waals surface area contributed by atoms with Crippen molar-refractivity contribution in [3.05, 3.63) is 10.6 Å². The molecule has 1 heterocycles. The summed E-state index contributed by atoms with van der Waals surface area (Å²) < 4.78 is 36.8. The van der Waals surface area contributed by atoms with Gasteiger partial charge in [0.05, 0.1) is 17.2 Å². The number of halogens is 3. The van der Waals surface area contributed by atoms with Gasteiger partial charge in [0.2, 0.25) is 0 Å². The molecule has 7 heteroatoms. The second-order valence-electron chi connectivity index (χ2n) is 3.29. The Labute approximate surface area is 95.5 Å². The Balaban J connectivity index is 2.87. The average molecular weight is 254 g/mol. The van der Waals surface area contributed by atoms with Gasteiger partial charge >= 0.3 is 6.18 Å². The topological polar surface area (TPSA) is 36.4 Å². The van der Waals surface area contributed by atoms with Gasteiger partial charge in [0.15, 0.2) is 5.13 Å². The molecule has 1 N–H and O–H groups in total. The van der Waals surface area contributed by atoms with Gasteiger partial charge in [-0.2, -0.15) is 13.2 Å². The van der Waals surface area contributed by atoms with E-state index in [4.69, 9.17) is 5.11 Å². The molecule has 0 aliphatic carbocycles. The van der Waals surface area contributed by atoms with E-state index in [0.717, 1.165) is 16.2 Å². The fourth-order valence-electron chi connectivity index (χ4n) is 1.23. The smallest absolute Gasteiger partial charge is 0.391 e. The van der Waals surface area contributed by atoms with Crippen molar-refractivity contribution in [2.75, 3.05) is 18.0 Å². The number of hydrogen-bond donors (Lipinski definition) is 1. The molecule has 1 aromatic heterocycles. The lowest BCUT2D eigenvalue weighted by Crippen LogP contribution is -2.33. The van der Waals surface area contributed by atoms with Crippen molar-refractivity contribution in [2.45, 2.75) is 26.6 Å². The molecule has 0 fully saturated rings. The van der Waals surface area contributed by atoms with Crippen LogP contribution in [-0.2, 0) is 6.61 Å². The second kappa shape index (κ2) is 5.01. The maximum Gasteiger partial charge on any atom is 0.406 e. The molecular formula is C9H13F3N2OS. The highest BCUT2D eigenvalue weighted by molar-refractivity contribution is 7.15. The van der Waals surface area contributed by atoms with Gasteiger partial charge in [-0.15, -0.1) is 0 Å². The van der Waals surface area contributed by atoms with Gasteiger partial charge < -0.3 is 10.0 Å². The first-order chi connectivity index (χ1) is 7.37. The molecule has 0 radical (unpaired) electrons. The van der Waals surface area contributed by atoms with Crippen LogP contribution in [0.3, 0.4) is 0 Å². The summed E-state index contributed by atoms with van der Waals surface area (Å²) >= 11 is 1.10. The van der Waals surface area contributed by atoms with Crippen LogP contribution in [0.2, 0.25) is 0 Å². The largest absolute Gasteiger partial charge is 0.406 e. The third-order valence-corrected chi connectivity index (χ3v) is 3.25. The lowest BCUT2D eigenvalue weighted by Gasteiger charge is -2.21. The summed E-state index contributed by atoms with van der Waals surface area (Å²) in [4.78, 5) is 5.78. The van der Waals surface area contributed by atoms with Crippen LogP contribution in [0.5, 0.6) is 0 Å². The van der Waals surface area contributed by atoms with Gasteiger partial charge in [0.1, 0.15) is 6.54 Å². The minimum atomic E-state index is -4.24. The molecule has 1 rings (SSSR count). The summed E-state index contributed by atoms with van der Waals surface area (Å²) in [5, 5.41) is 9.26. The molecule has 92 valence electrons. The van der Waals surface area contributed by atoms with E-state index in [2.05, 4.69) is 4.98 Å². The highest BCUT2D eigenvalue weighted by Gasteiger charge is 2.31. The predicted octanol–water partition coefficient (Wildman–Crippen LogP) is 2.33. The third-order valence-electron chi connectivity index (χ3n) is 2.05. The van der Waals surface area contributed by atoms with E-state index in [0.29, 0.717) is 15.7 Å². The molecule has 0 saturated carbocycles. The van der Waals surface area contributed by atoms with E-state index in [9.17, 15) is 13.2 Å². The summed E-state index contributed by atoms with van der Waals surface area (Å²) in [6, 6.07) is 0. The Hall–Kier alpha value is -0.820. The molecule has 0 bridgehead atoms. The number of aliphatic hydroxyl groups is 1. The van der Waals surface area contributed by atoms with Gasteiger partial charge in [-0.3, -0.25) is 0 Å². The predicted molar refractivity (Wildman–Crippen MR) is 56.7 cm³/mol. The lowest BCUT2D eigenvalue weighted by molar-refractivity contribution is -0.119. The molecule has 0 amide bonds. The van der Waals surface area contributed by atoms with E-state index in [1.54, 1.807) is 13.8 Å². The van der Waals surface area contributed by atoms with Crippen LogP contribution in [0.1, 0.15) is 17.5 Å². The average Bonchev–Trinajstić information content (AvgIpc) is 2.54. The molecule has 0 saturated heterocycles. The molecule has 0 aliphatic rings. The number of hydrogen-bond acceptors (Lipinski definition) is 4. The quantitative estimate of drug-likeness (QED) is 0.896. The molecule has 0 atom stereocenters. The number of anilines is 1. The zero-order chi connectivity index (χ0) is 12.3.